The van der Waals surface area contributed by atoms with Crippen molar-refractivity contribution in [3.63, 3.8) is 0 Å². The summed E-state index contributed by atoms with van der Waals surface area (Å²) >= 11 is 0. The van der Waals surface area contributed by atoms with Gasteiger partial charge in [0.25, 0.3) is 0 Å². The molecule has 0 atom stereocenters. The molecule has 0 amide bonds. The number of hydrogen-bond donors (Lipinski definition) is 0. The van der Waals surface area contributed by atoms with E-state index in [1.54, 1.807) is 128 Å². The molecule has 609 valence electrons. The van der Waals surface area contributed by atoms with Crippen LogP contribution in [0.4, 0.5) is 0 Å². The number of nitrogens with zero attached hydrogens (tertiary/aromatic N) is 9. The number of aromatic nitrogens is 9. The van der Waals surface area contributed by atoms with Crippen LogP contribution in [-0.4, -0.2) is 44.9 Å². The molecule has 0 spiro atoms. The van der Waals surface area contributed by atoms with Crippen LogP contribution in [0.3, 0.4) is 0 Å². The number of furan rings is 3. The van der Waals surface area contributed by atoms with Crippen molar-refractivity contribution < 1.29 is 108 Å². The monoisotopic (exact) mass is 2120 g/mol. The van der Waals surface area contributed by atoms with Gasteiger partial charge in [0.05, 0.1) is 16.7 Å². The Balaban J connectivity index is 0.000000179. The Kier molecular flexibility index (Phi) is 21.2. The molecule has 12 nitrogen and oxygen atoms in total. The summed E-state index contributed by atoms with van der Waals surface area (Å²) in [6, 6.07) is 72.7. The minimum absolute atomic E-state index is 0. The number of benzene rings is 6. The Morgan fingerprint density at radius 2 is 0.765 bits per heavy atom. The van der Waals surface area contributed by atoms with E-state index < -0.39 is 72.5 Å². The van der Waals surface area contributed by atoms with Gasteiger partial charge >= 0.3 is 0 Å². The van der Waals surface area contributed by atoms with Crippen LogP contribution in [0.15, 0.2) is 232 Å². The molecule has 18 aromatic rings. The molecule has 0 fully saturated rings. The molecule has 0 bridgehead atoms. The second-order valence-electron chi connectivity index (χ2n) is 28.3. The average molecular weight is 2120 g/mol. The Morgan fingerprint density at radius 3 is 1.23 bits per heavy atom. The summed E-state index contributed by atoms with van der Waals surface area (Å²) in [6.45, 7) is 3.27. The van der Waals surface area contributed by atoms with Crippen LogP contribution in [0.2, 0.25) is 0 Å². The van der Waals surface area contributed by atoms with E-state index >= 15 is 0 Å². The molecule has 0 aliphatic rings. The predicted molar refractivity (Wildman–Crippen MR) is 474 cm³/mol. The maximum Gasteiger partial charge on any atom is 0.216 e. The number of aryl methyl sites for hydroxylation is 11. The molecule has 0 saturated carbocycles. The zero-order chi connectivity index (χ0) is 103. The van der Waals surface area contributed by atoms with Gasteiger partial charge in [-0.3, -0.25) is 0 Å². The Labute approximate surface area is 775 Å². The minimum Gasteiger partial charge on any atom is -0.486 e. The fourth-order valence-electron chi connectivity index (χ4n) is 12.6. The molecule has 0 aliphatic heterocycles. The van der Waals surface area contributed by atoms with Crippen LogP contribution in [0.1, 0.15) is 166 Å². The van der Waals surface area contributed by atoms with Crippen LogP contribution >= 0.6 is 0 Å². The number of hydrogen-bond acceptors (Lipinski definition) is 12. The first-order chi connectivity index (χ1) is 65.9. The molecule has 3 radical (unpaired) electrons. The van der Waals surface area contributed by atoms with Gasteiger partial charge in [0, 0.05) is 165 Å². The summed E-state index contributed by atoms with van der Waals surface area (Å²) in [7, 11) is 0. The van der Waals surface area contributed by atoms with Gasteiger partial charge in [0.15, 0.2) is 0 Å². The SMILES string of the molecule is [2H]C([2H])([2H])c1cc(-c2[c-]ccc3c2oc2nc(C)ccc23)ncc1C([2H])([2H])C(C)C.[2H]C([2H])([2H])c1cc(-c2[c-]ccc3c2oc2ncccc23)ncc1C(C)C.[2H]C([2H])([2H])c1cnc(-c2[c-]ccc3c2oc2nc(C)ccc23)cc1C([2H])([2H])C(C)C.[2H]C([2H])([2H])c1cnc(-c2[c-]cccc2)cc1C.[2H]C([2H])([2H])c1cnc(-c2[c-]cccc2)cc1C.[2H]C([2H])([2H])c1nc(-c2[c-]cccc2)cc(C)c1C([2H])([2H])[2H].[Ir].[Ir].[Ir]. The van der Waals surface area contributed by atoms with Crippen molar-refractivity contribution in [2.45, 2.75) is 143 Å². The van der Waals surface area contributed by atoms with Crippen molar-refractivity contribution >= 4 is 66.2 Å². The average Bonchev–Trinajstić information content (AvgIpc) is 1.59. The van der Waals surface area contributed by atoms with Crippen molar-refractivity contribution in [1.82, 2.24) is 44.9 Å². The Morgan fingerprint density at radius 1 is 0.336 bits per heavy atom. The zero-order valence-electron chi connectivity index (χ0n) is 91.8. The summed E-state index contributed by atoms with van der Waals surface area (Å²) in [5, 5.41) is 5.23. The zero-order valence-corrected chi connectivity index (χ0v) is 74.0. The van der Waals surface area contributed by atoms with Crippen LogP contribution in [0, 0.1) is 131 Å². The molecule has 0 saturated heterocycles. The van der Waals surface area contributed by atoms with Crippen LogP contribution < -0.4 is 0 Å². The maximum atomic E-state index is 8.52. The van der Waals surface area contributed by atoms with Gasteiger partial charge in [0.1, 0.15) is 0 Å². The first kappa shape index (κ1) is 61.3. The van der Waals surface area contributed by atoms with Crippen molar-refractivity contribution in [2.75, 3.05) is 0 Å². The van der Waals surface area contributed by atoms with Crippen molar-refractivity contribution in [3.05, 3.63) is 339 Å². The second kappa shape index (κ2) is 41.1. The van der Waals surface area contributed by atoms with Crippen LogP contribution in [-0.2, 0) is 73.1 Å². The molecule has 6 aromatic carbocycles. The van der Waals surface area contributed by atoms with E-state index in [-0.39, 0.29) is 99.7 Å². The molecule has 0 N–H and O–H groups in total. The first-order valence-corrected chi connectivity index (χ1v) is 37.4. The van der Waals surface area contributed by atoms with Gasteiger partial charge in [-0.25, -0.2) is 15.0 Å². The van der Waals surface area contributed by atoms with Crippen LogP contribution in [0.5, 0.6) is 0 Å². The van der Waals surface area contributed by atoms with Crippen molar-refractivity contribution in [1.29, 1.82) is 0 Å². The van der Waals surface area contributed by atoms with Gasteiger partial charge in [-0.05, 0) is 217 Å². The smallest absolute Gasteiger partial charge is 0.216 e. The third kappa shape index (κ3) is 21.7. The molecular weight excluding hydrogens is 2000 g/mol. The molecule has 0 aliphatic carbocycles. The number of fused-ring (bicyclic) bond motifs is 9. The van der Waals surface area contributed by atoms with E-state index in [1.165, 1.54) is 36.9 Å². The van der Waals surface area contributed by atoms with Crippen molar-refractivity contribution in [3.8, 4) is 67.5 Å². The third-order valence-corrected chi connectivity index (χ3v) is 18.5. The fourth-order valence-corrected chi connectivity index (χ4v) is 12.6. The van der Waals surface area contributed by atoms with Crippen molar-refractivity contribution in [2.24, 2.45) is 11.8 Å². The maximum absolute atomic E-state index is 8.52. The summed E-state index contributed by atoms with van der Waals surface area (Å²) in [4.78, 5) is 38.8. The minimum atomic E-state index is -2.58. The number of rotatable bonds is 11. The molecular formula is C104H97Ir3N9O3-6. The van der Waals surface area contributed by atoms with E-state index in [9.17, 15) is 0 Å². The quantitative estimate of drug-likeness (QED) is 0.113. The van der Waals surface area contributed by atoms with E-state index in [4.69, 9.17) is 47.5 Å². The largest absolute Gasteiger partial charge is 0.486 e. The predicted octanol–water partition coefficient (Wildman–Crippen LogP) is 26.4. The third-order valence-electron chi connectivity index (χ3n) is 18.5. The summed E-state index contributed by atoms with van der Waals surface area (Å²) < 4.78 is 212. The van der Waals surface area contributed by atoms with Gasteiger partial charge in [0.2, 0.25) is 17.1 Å². The number of pyridine rings is 9. The first-order valence-electron chi connectivity index (χ1n) is 49.9. The molecule has 18 rings (SSSR count). The standard InChI is InChI=1S/2C22H21N2O.C20H17N2O.C14H14N.2C13H12N.3Ir/c1-13(2)10-16-11-20(23-12-14(16)3)19-7-5-6-17-18-9-8-15(4)24-22(18)25-21(17)19;1-13(2)10-16-12-23-20(11-14(16)3)19-7-5-6-17-18-9-8-15(4)24-22(18)25-21(17)19;1-12(2)17-11-22-18(10-13(17)3)16-7-4-6-14-15-8-5-9-21-20(15)23-19(14)16;1-10-9-14(15-12(3)11(10)2)13-7-5-4-6-8-13;2*1-10-8-13(14-9-11(10)2)12-6-4-3-5-7-12;;;/h2*5-6,8-9,11-13H,10H2,1-4H3;4-6,8-12H,1-3H3;4-7,9H,1-3H3;2*3-6,8-9H,1-2H3;;;/q6*-1;;;/i2*3D3,10D2;3D3;2D3,3D3;2*2D3;;;. The Bertz CT molecular complexity index is 7470. The molecule has 12 aromatic heterocycles. The van der Waals surface area contributed by atoms with Gasteiger partial charge in [-0.2, -0.15) is 0 Å². The topological polar surface area (TPSA) is 155 Å². The normalized spacial score (nSPS) is 15.0. The van der Waals surface area contributed by atoms with E-state index in [0.717, 1.165) is 82.9 Å². The van der Waals surface area contributed by atoms with E-state index in [0.29, 0.717) is 101 Å². The van der Waals surface area contributed by atoms with Crippen LogP contribution in [0.25, 0.3) is 134 Å². The summed E-state index contributed by atoms with van der Waals surface area (Å²) in [6.07, 6.45) is 5.08. The van der Waals surface area contributed by atoms with E-state index in [1.807, 2.05) is 131 Å². The molecule has 15 heteroatoms. The Hall–Kier alpha value is -11.0. The van der Waals surface area contributed by atoms with Gasteiger partial charge < -0.3 is 43.2 Å². The van der Waals surface area contributed by atoms with E-state index in [2.05, 4.69) is 81.3 Å². The summed E-state index contributed by atoms with van der Waals surface area (Å²) in [5.74, 6) is -0.764. The fraction of sp³-hybridized carbons (Fsp3) is 0.221. The summed E-state index contributed by atoms with van der Waals surface area (Å²) in [5.41, 5.74) is 15.1. The molecule has 0 unspecified atom stereocenters. The molecule has 12 heterocycles. The second-order valence-corrected chi connectivity index (χ2v) is 28.3. The van der Waals surface area contributed by atoms with Gasteiger partial charge in [-0.1, -0.05) is 144 Å². The molecule has 119 heavy (non-hydrogen) atoms. The van der Waals surface area contributed by atoms with Gasteiger partial charge in [-0.15, -0.1) is 162 Å².